The molecule has 0 amide bonds. The molecule has 0 saturated heterocycles. The molecule has 3 fully saturated rings. The van der Waals surface area contributed by atoms with E-state index >= 15 is 0 Å². The summed E-state index contributed by atoms with van der Waals surface area (Å²) in [7, 11) is 0. The molecule has 280 valence electrons. The van der Waals surface area contributed by atoms with Gasteiger partial charge in [0.05, 0.1) is 11.4 Å². The molecule has 5 nitrogen and oxygen atoms in total. The lowest BCUT2D eigenvalue weighted by molar-refractivity contribution is -0.219. The van der Waals surface area contributed by atoms with E-state index in [0.29, 0.717) is 22.9 Å². The van der Waals surface area contributed by atoms with Crippen LogP contribution in [0.2, 0.25) is 0 Å². The summed E-state index contributed by atoms with van der Waals surface area (Å²) in [6.45, 7) is 0. The lowest BCUT2D eigenvalue weighted by Gasteiger charge is -2.76. The maximum Gasteiger partial charge on any atom is 0.164 e. The highest BCUT2D eigenvalue weighted by Gasteiger charge is 2.71. The first-order chi connectivity index (χ1) is 29.1. The van der Waals surface area contributed by atoms with Crippen LogP contribution in [0.1, 0.15) is 24.8 Å². The fourth-order valence-corrected chi connectivity index (χ4v) is 10.5. The third-order valence-corrected chi connectivity index (χ3v) is 13.3. The van der Waals surface area contributed by atoms with Gasteiger partial charge in [0.1, 0.15) is 0 Å². The van der Waals surface area contributed by atoms with Gasteiger partial charge in [0.15, 0.2) is 23.3 Å². The first-order valence-corrected chi connectivity index (χ1v) is 20.7. The van der Waals surface area contributed by atoms with Crippen LogP contribution in [0.4, 0.5) is 0 Å². The summed E-state index contributed by atoms with van der Waals surface area (Å²) < 4.78 is 0. The Morgan fingerprint density at radius 3 is 1.41 bits per heavy atom. The fourth-order valence-electron chi connectivity index (χ4n) is 10.5. The van der Waals surface area contributed by atoms with E-state index in [9.17, 15) is 0 Å². The fraction of sp³-hybridized carbons (Fsp3) is 0.130. The minimum absolute atomic E-state index is 0.442. The van der Waals surface area contributed by atoms with Crippen LogP contribution in [-0.4, -0.2) is 24.9 Å². The van der Waals surface area contributed by atoms with Crippen LogP contribution < -0.4 is 0 Å². The molecule has 59 heavy (non-hydrogen) atoms. The molecule has 3 aliphatic carbocycles. The Kier molecular flexibility index (Phi) is 7.77. The van der Waals surface area contributed by atoms with Gasteiger partial charge in [-0.2, -0.15) is 0 Å². The van der Waals surface area contributed by atoms with Gasteiger partial charge in [-0.15, -0.1) is 0 Å². The Bertz CT molecular complexity index is 2950. The highest BCUT2D eigenvalue weighted by atomic mass is 15.0. The summed E-state index contributed by atoms with van der Waals surface area (Å²) in [6, 6.07) is 63.8. The van der Waals surface area contributed by atoms with Crippen molar-refractivity contribution in [3.8, 4) is 79.2 Å². The third-order valence-electron chi connectivity index (χ3n) is 13.3. The summed E-state index contributed by atoms with van der Waals surface area (Å²) in [5.74, 6) is 5.54. The van der Waals surface area contributed by atoms with Gasteiger partial charge in [0.25, 0.3) is 0 Å². The minimum atomic E-state index is 0.442. The second-order valence-electron chi connectivity index (χ2n) is 16.6. The highest BCUT2D eigenvalue weighted by Crippen LogP contribution is 2.77. The molecule has 2 atom stereocenters. The van der Waals surface area contributed by atoms with Gasteiger partial charge >= 0.3 is 0 Å². The summed E-state index contributed by atoms with van der Waals surface area (Å²) in [5.41, 5.74) is 12.0. The van der Waals surface area contributed by atoms with Crippen LogP contribution in [0, 0.1) is 17.8 Å². The topological polar surface area (TPSA) is 64.5 Å². The Balaban J connectivity index is 0.940. The average Bonchev–Trinajstić information content (AvgIpc) is 3.31. The van der Waals surface area contributed by atoms with Crippen LogP contribution in [0.3, 0.4) is 0 Å². The molecule has 3 saturated carbocycles. The van der Waals surface area contributed by atoms with E-state index in [1.807, 2.05) is 66.7 Å². The van der Waals surface area contributed by atoms with Crippen LogP contribution in [-0.2, 0) is 5.41 Å². The molecule has 12 rings (SSSR count). The molecule has 0 N–H and O–H groups in total. The predicted molar refractivity (Wildman–Crippen MR) is 237 cm³/mol. The van der Waals surface area contributed by atoms with E-state index in [1.54, 1.807) is 0 Å². The van der Waals surface area contributed by atoms with E-state index in [0.717, 1.165) is 90.2 Å². The number of rotatable bonds is 8. The molecule has 0 spiro atoms. The smallest absolute Gasteiger partial charge is 0.164 e. The summed E-state index contributed by atoms with van der Waals surface area (Å²) in [6.07, 6.45) is 4.21. The molecular weight excluding hydrogens is 719 g/mol. The molecule has 2 unspecified atom stereocenters. The van der Waals surface area contributed by atoms with Crippen molar-refractivity contribution in [2.75, 3.05) is 0 Å². The molecule has 0 radical (unpaired) electrons. The monoisotopic (exact) mass is 757 g/mol. The summed E-state index contributed by atoms with van der Waals surface area (Å²) >= 11 is 0. The lowest BCUT2D eigenvalue weighted by atomic mass is 9.28. The second-order valence-corrected chi connectivity index (χ2v) is 16.6. The van der Waals surface area contributed by atoms with Crippen molar-refractivity contribution >= 4 is 10.8 Å². The van der Waals surface area contributed by atoms with Gasteiger partial charge in [0, 0.05) is 33.4 Å². The lowest BCUT2D eigenvalue weighted by Crippen LogP contribution is -2.71. The molecule has 3 aliphatic rings. The van der Waals surface area contributed by atoms with Crippen molar-refractivity contribution in [1.82, 2.24) is 24.9 Å². The SMILES string of the molecule is c1ccc(-c2nc(-c3ccc(C45CC6CC(C4)C65)cc3)cc(-c3cc(-c4ccc(-c5nc(-c6ccccc6)nc(-c6ccccc6)n5)cc4)cc4ccccc34)n2)cc1. The van der Waals surface area contributed by atoms with E-state index in [4.69, 9.17) is 24.9 Å². The number of nitrogens with zero attached hydrogens (tertiary/aromatic N) is 5. The van der Waals surface area contributed by atoms with E-state index < -0.39 is 0 Å². The number of aromatic nitrogens is 5. The summed E-state index contributed by atoms with van der Waals surface area (Å²) in [4.78, 5) is 25.3. The molecule has 9 aromatic rings. The molecule has 7 aromatic carbocycles. The average molecular weight is 758 g/mol. The van der Waals surface area contributed by atoms with Gasteiger partial charge in [-0.05, 0) is 88.1 Å². The van der Waals surface area contributed by atoms with Gasteiger partial charge in [-0.3, -0.25) is 0 Å². The Morgan fingerprint density at radius 1 is 0.373 bits per heavy atom. The maximum absolute atomic E-state index is 5.28. The quantitative estimate of drug-likeness (QED) is 0.154. The van der Waals surface area contributed by atoms with E-state index in [2.05, 4.69) is 115 Å². The molecular formula is C54H39N5. The van der Waals surface area contributed by atoms with Crippen molar-refractivity contribution in [3.63, 3.8) is 0 Å². The number of benzene rings is 7. The van der Waals surface area contributed by atoms with E-state index in [1.165, 1.54) is 24.8 Å². The van der Waals surface area contributed by atoms with Crippen molar-refractivity contribution in [2.24, 2.45) is 17.8 Å². The van der Waals surface area contributed by atoms with Gasteiger partial charge < -0.3 is 0 Å². The first-order valence-electron chi connectivity index (χ1n) is 20.7. The number of hydrogen-bond donors (Lipinski definition) is 0. The van der Waals surface area contributed by atoms with Crippen molar-refractivity contribution in [1.29, 1.82) is 0 Å². The predicted octanol–water partition coefficient (Wildman–Crippen LogP) is 12.8. The highest BCUT2D eigenvalue weighted by molar-refractivity contribution is 6.00. The normalized spacial score (nSPS) is 19.9. The Hall–Kier alpha value is -7.11. The largest absolute Gasteiger partial charge is 0.228 e. The van der Waals surface area contributed by atoms with Crippen molar-refractivity contribution < 1.29 is 0 Å². The molecule has 0 aliphatic heterocycles. The zero-order valence-electron chi connectivity index (χ0n) is 32.4. The van der Waals surface area contributed by atoms with Gasteiger partial charge in [-0.1, -0.05) is 164 Å². The van der Waals surface area contributed by atoms with Crippen molar-refractivity contribution in [3.05, 3.63) is 188 Å². The molecule has 0 bridgehead atoms. The number of fused-ring (bicyclic) bond motifs is 1. The van der Waals surface area contributed by atoms with Crippen LogP contribution >= 0.6 is 0 Å². The standard InChI is InChI=1S/C54H39N5/c1-4-12-36(13-5-1)50-55-47(35-24-26-44(27-25-35)54-32-42-29-43(33-54)49(42)54)31-48(56-50)46-30-41(28-40-18-10-11-19-45(40)46)34-20-22-39(23-21-34)53-58-51(37-14-6-2-7-15-37)57-52(59-53)38-16-8-3-9-17-38/h1-28,30-31,42-43,49H,29,32-33H2. The van der Waals surface area contributed by atoms with Crippen LogP contribution in [0.5, 0.6) is 0 Å². The number of hydrogen-bond acceptors (Lipinski definition) is 5. The Labute approximate surface area is 343 Å². The Morgan fingerprint density at radius 2 is 0.847 bits per heavy atom. The molecule has 2 aromatic heterocycles. The van der Waals surface area contributed by atoms with Gasteiger partial charge in [0.2, 0.25) is 0 Å². The second kappa shape index (κ2) is 13.5. The van der Waals surface area contributed by atoms with Crippen molar-refractivity contribution in [2.45, 2.75) is 24.7 Å². The third kappa shape index (κ3) is 5.72. The van der Waals surface area contributed by atoms with Gasteiger partial charge in [-0.25, -0.2) is 24.9 Å². The summed E-state index contributed by atoms with van der Waals surface area (Å²) in [5, 5.41) is 2.30. The minimum Gasteiger partial charge on any atom is -0.228 e. The van der Waals surface area contributed by atoms with E-state index in [-0.39, 0.29) is 0 Å². The maximum atomic E-state index is 5.28. The molecule has 2 heterocycles. The van der Waals surface area contributed by atoms with Crippen LogP contribution in [0.15, 0.2) is 182 Å². The zero-order chi connectivity index (χ0) is 38.9. The first kappa shape index (κ1) is 34.0. The van der Waals surface area contributed by atoms with Crippen LogP contribution in [0.25, 0.3) is 90.0 Å². The zero-order valence-corrected chi connectivity index (χ0v) is 32.4. The molecule has 5 heteroatoms.